The largest absolute Gasteiger partial charge is 0.494 e. The van der Waals surface area contributed by atoms with Crippen LogP contribution in [0.15, 0.2) is 36.2 Å². The first-order chi connectivity index (χ1) is 26.6. The summed E-state index contributed by atoms with van der Waals surface area (Å²) >= 11 is 1.16. The first-order valence-corrected chi connectivity index (χ1v) is 19.5. The number of hydrogen-bond acceptors (Lipinski definition) is 11. The fraction of sp³-hybridized carbons (Fsp3) is 0.513. The number of ether oxygens (including phenoxy) is 3. The number of amides is 4. The Morgan fingerprint density at radius 2 is 1.86 bits per heavy atom. The molecule has 300 valence electrons. The van der Waals surface area contributed by atoms with Gasteiger partial charge in [0.1, 0.15) is 46.8 Å². The molecule has 0 radical (unpaired) electrons. The van der Waals surface area contributed by atoms with E-state index >= 15 is 4.39 Å². The summed E-state index contributed by atoms with van der Waals surface area (Å²) in [5.74, 6) is -3.92. The van der Waals surface area contributed by atoms with Gasteiger partial charge in [-0.1, -0.05) is 33.8 Å². The third-order valence-electron chi connectivity index (χ3n) is 10.5. The molecule has 15 nitrogen and oxygen atoms in total. The number of alkyl carbamates (subject to hydrolysis) is 1. The van der Waals surface area contributed by atoms with Gasteiger partial charge in [-0.2, -0.15) is 0 Å². The summed E-state index contributed by atoms with van der Waals surface area (Å²) < 4.78 is 33.2. The van der Waals surface area contributed by atoms with Crippen LogP contribution in [0.2, 0.25) is 0 Å². The van der Waals surface area contributed by atoms with E-state index in [-0.39, 0.29) is 65.9 Å². The number of halogens is 1. The minimum Gasteiger partial charge on any atom is -0.494 e. The maximum Gasteiger partial charge on any atom is 0.408 e. The number of carbonyl (C=O) groups excluding carboxylic acids is 4. The summed E-state index contributed by atoms with van der Waals surface area (Å²) in [6.45, 7) is 10.6. The molecule has 17 heteroatoms. The topological polar surface area (TPSA) is 198 Å². The van der Waals surface area contributed by atoms with Gasteiger partial charge in [-0.15, -0.1) is 17.9 Å². The molecule has 2 saturated carbocycles. The van der Waals surface area contributed by atoms with E-state index in [9.17, 15) is 29.1 Å². The maximum absolute atomic E-state index is 15.8. The van der Waals surface area contributed by atoms with Gasteiger partial charge < -0.3 is 40.2 Å². The molecule has 3 aromatic rings. The van der Waals surface area contributed by atoms with Gasteiger partial charge in [-0.05, 0) is 49.7 Å². The fourth-order valence-corrected chi connectivity index (χ4v) is 7.97. The van der Waals surface area contributed by atoms with Crippen molar-refractivity contribution in [1.29, 1.82) is 0 Å². The molecule has 3 heterocycles. The van der Waals surface area contributed by atoms with E-state index in [1.165, 1.54) is 24.2 Å². The molecule has 0 bridgehead atoms. The third-order valence-corrected chi connectivity index (χ3v) is 11.3. The summed E-state index contributed by atoms with van der Waals surface area (Å²) in [6.07, 6.45) is 3.24. The maximum atomic E-state index is 15.8. The molecule has 0 spiro atoms. The molecule has 4 N–H and O–H groups in total. The van der Waals surface area contributed by atoms with Crippen molar-refractivity contribution in [3.05, 3.63) is 42.1 Å². The predicted octanol–water partition coefficient (Wildman–Crippen LogP) is 5.43. The standard InChI is InChI=1S/C39H47FN6O9S/c1-7-20-17-39(20,35(50)51)45-33(48)26-15-22(18-46(26)34(49)32(38(3,4)5)44-37(52)55-21-11-9-10-12-21)54-28-16-24(25-19-56-36(42-25)43-29(47)8-2)41-31-23(28)13-14-27(53-6)30(31)40/h7,13-14,16,19-22,26,32H,1,8-12,15,17-18H2,2-6H3,(H,44,52)(H,45,48)(H,50,51)(H,42,43,47). The number of methoxy groups -OCH3 is 1. The van der Waals surface area contributed by atoms with Gasteiger partial charge in [0, 0.05) is 35.6 Å². The van der Waals surface area contributed by atoms with Crippen molar-refractivity contribution in [2.45, 2.75) is 102 Å². The molecule has 2 aromatic heterocycles. The van der Waals surface area contributed by atoms with Crippen LogP contribution in [0.5, 0.6) is 11.5 Å². The van der Waals surface area contributed by atoms with Gasteiger partial charge in [0.05, 0.1) is 19.3 Å². The molecule has 4 amide bonds. The lowest BCUT2D eigenvalue weighted by Gasteiger charge is -2.35. The Morgan fingerprint density at radius 1 is 1.12 bits per heavy atom. The number of benzene rings is 1. The summed E-state index contributed by atoms with van der Waals surface area (Å²) in [5.41, 5.74) is -1.95. The molecule has 1 aliphatic heterocycles. The van der Waals surface area contributed by atoms with Crippen LogP contribution >= 0.6 is 11.3 Å². The molecule has 1 aromatic carbocycles. The molecule has 56 heavy (non-hydrogen) atoms. The highest BCUT2D eigenvalue weighted by Crippen LogP contribution is 2.45. The predicted molar refractivity (Wildman–Crippen MR) is 205 cm³/mol. The van der Waals surface area contributed by atoms with Crippen LogP contribution < -0.4 is 25.4 Å². The van der Waals surface area contributed by atoms with Gasteiger partial charge in [-0.25, -0.2) is 23.9 Å². The number of carboxylic acid groups (broad SMARTS) is 1. The number of rotatable bonds is 13. The Labute approximate surface area is 327 Å². The van der Waals surface area contributed by atoms with E-state index < -0.39 is 64.8 Å². The van der Waals surface area contributed by atoms with E-state index in [1.54, 1.807) is 45.2 Å². The molecule has 6 rings (SSSR count). The lowest BCUT2D eigenvalue weighted by Crippen LogP contribution is -2.59. The summed E-state index contributed by atoms with van der Waals surface area (Å²) in [5, 5.41) is 20.4. The van der Waals surface area contributed by atoms with Crippen molar-refractivity contribution in [1.82, 2.24) is 25.5 Å². The number of nitrogens with one attached hydrogen (secondary N) is 3. The Bertz CT molecular complexity index is 2050. The number of pyridine rings is 1. The van der Waals surface area contributed by atoms with Crippen molar-refractivity contribution in [3.63, 3.8) is 0 Å². The molecule has 1 saturated heterocycles. The van der Waals surface area contributed by atoms with Crippen LogP contribution in [0, 0.1) is 17.2 Å². The summed E-state index contributed by atoms with van der Waals surface area (Å²) in [6, 6.07) is 2.22. The average molecular weight is 795 g/mol. The lowest BCUT2D eigenvalue weighted by atomic mass is 9.85. The number of thiazole rings is 1. The smallest absolute Gasteiger partial charge is 0.408 e. The normalized spacial score (nSPS) is 22.6. The van der Waals surface area contributed by atoms with Crippen LogP contribution in [0.3, 0.4) is 0 Å². The highest BCUT2D eigenvalue weighted by Gasteiger charge is 2.61. The third kappa shape index (κ3) is 8.27. The first-order valence-electron chi connectivity index (χ1n) is 18.6. The van der Waals surface area contributed by atoms with E-state index in [0.29, 0.717) is 10.8 Å². The molecule has 5 atom stereocenters. The number of carboxylic acids is 1. The van der Waals surface area contributed by atoms with Crippen molar-refractivity contribution >= 4 is 57.2 Å². The zero-order valence-corrected chi connectivity index (χ0v) is 32.8. The Hall–Kier alpha value is -5.32. The minimum absolute atomic E-state index is 0.0610. The lowest BCUT2D eigenvalue weighted by molar-refractivity contribution is -0.146. The van der Waals surface area contributed by atoms with Crippen molar-refractivity contribution < 1.29 is 47.7 Å². The molecular weight excluding hydrogens is 748 g/mol. The SMILES string of the molecule is C=CC1CC1(NC(=O)C1CC(Oc2cc(-c3csc(NC(=O)CC)n3)nc3c(F)c(OC)ccc23)CN1C(=O)C(NC(=O)OC1CCCC1)C(C)(C)C)C(=O)O. The summed E-state index contributed by atoms with van der Waals surface area (Å²) in [4.78, 5) is 76.4. The van der Waals surface area contributed by atoms with Gasteiger partial charge in [0.15, 0.2) is 16.7 Å². The zero-order valence-electron chi connectivity index (χ0n) is 32.0. The van der Waals surface area contributed by atoms with E-state index in [2.05, 4.69) is 32.5 Å². The van der Waals surface area contributed by atoms with E-state index in [0.717, 1.165) is 37.0 Å². The van der Waals surface area contributed by atoms with E-state index in [1.807, 2.05) is 0 Å². The molecule has 3 aliphatic rings. The number of likely N-dealkylation sites (tertiary alicyclic amines) is 1. The second-order valence-corrected chi connectivity index (χ2v) is 16.3. The van der Waals surface area contributed by atoms with Crippen LogP contribution in [0.4, 0.5) is 14.3 Å². The second-order valence-electron chi connectivity index (χ2n) is 15.5. The number of aliphatic carboxylic acids is 1. The highest BCUT2D eigenvalue weighted by atomic mass is 32.1. The Morgan fingerprint density at radius 3 is 2.48 bits per heavy atom. The van der Waals surface area contributed by atoms with Crippen LogP contribution in [-0.2, 0) is 23.9 Å². The molecular formula is C39H47FN6O9S. The van der Waals surface area contributed by atoms with Crippen molar-refractivity contribution in [3.8, 4) is 22.9 Å². The van der Waals surface area contributed by atoms with Gasteiger partial charge >= 0.3 is 12.1 Å². The second kappa shape index (κ2) is 16.0. The Balaban J connectivity index is 1.34. The quantitative estimate of drug-likeness (QED) is 0.161. The van der Waals surface area contributed by atoms with Gasteiger partial charge in [0.2, 0.25) is 17.7 Å². The number of carbonyl (C=O) groups is 5. The van der Waals surface area contributed by atoms with Crippen molar-refractivity contribution in [2.75, 3.05) is 19.0 Å². The van der Waals surface area contributed by atoms with Crippen LogP contribution in [-0.4, -0.2) is 93.2 Å². The highest BCUT2D eigenvalue weighted by molar-refractivity contribution is 7.14. The van der Waals surface area contributed by atoms with Gasteiger partial charge in [0.25, 0.3) is 0 Å². The van der Waals surface area contributed by atoms with Gasteiger partial charge in [-0.3, -0.25) is 14.4 Å². The summed E-state index contributed by atoms with van der Waals surface area (Å²) in [7, 11) is 1.32. The van der Waals surface area contributed by atoms with E-state index in [4.69, 9.17) is 14.2 Å². The molecule has 2 aliphatic carbocycles. The zero-order chi connectivity index (χ0) is 40.5. The van der Waals surface area contributed by atoms with Crippen LogP contribution in [0.1, 0.15) is 72.6 Å². The number of aromatic nitrogens is 2. The van der Waals surface area contributed by atoms with Crippen LogP contribution in [0.25, 0.3) is 22.3 Å². The number of nitrogens with zero attached hydrogens (tertiary/aromatic N) is 3. The average Bonchev–Trinajstić information content (AvgIpc) is 3.57. The number of hydrogen-bond donors (Lipinski definition) is 4. The number of anilines is 1. The molecule has 3 fully saturated rings. The Kier molecular flexibility index (Phi) is 11.6. The van der Waals surface area contributed by atoms with Crippen molar-refractivity contribution in [2.24, 2.45) is 11.3 Å². The first kappa shape index (κ1) is 40.3. The minimum atomic E-state index is -1.57. The molecule has 5 unspecified atom stereocenters. The fourth-order valence-electron chi connectivity index (χ4n) is 7.25. The monoisotopic (exact) mass is 794 g/mol. The number of fused-ring (bicyclic) bond motifs is 1.